The highest BCUT2D eigenvalue weighted by molar-refractivity contribution is 6.73. The summed E-state index contributed by atoms with van der Waals surface area (Å²) in [6.07, 6.45) is -5.91. The van der Waals surface area contributed by atoms with Crippen molar-refractivity contribution in [1.29, 1.82) is 0 Å². The molecule has 31 heteroatoms. The van der Waals surface area contributed by atoms with E-state index in [2.05, 4.69) is 33.9 Å². The van der Waals surface area contributed by atoms with Gasteiger partial charge in [0.2, 0.25) is 0 Å². The number of carbonyl (C=O) groups is 6. The molecule has 8 aliphatic heterocycles. The molecule has 36 atom stereocenters. The second-order valence-corrected chi connectivity index (χ2v) is 40.8. The number of aliphatic hydroxyl groups is 5. The summed E-state index contributed by atoms with van der Waals surface area (Å²) in [5.74, 6) is -7.02. The third-order valence-electron chi connectivity index (χ3n) is 27.0. The first-order valence-electron chi connectivity index (χ1n) is 44.6. The van der Waals surface area contributed by atoms with Gasteiger partial charge in [0.05, 0.1) is 118 Å². The Morgan fingerprint density at radius 1 is 0.463 bits per heavy atom. The maximum absolute atomic E-state index is 14.3. The van der Waals surface area contributed by atoms with Crippen LogP contribution in [0, 0.1) is 59.2 Å². The fourth-order valence-corrected chi connectivity index (χ4v) is 22.0. The Morgan fingerprint density at radius 2 is 0.821 bits per heavy atom. The largest absolute Gasteiger partial charge is 0.462 e. The number of aldehydes is 2. The molecule has 0 aromatic rings. The lowest BCUT2D eigenvalue weighted by Crippen LogP contribution is -2.63. The average molecular weight is 1760 g/mol. The summed E-state index contributed by atoms with van der Waals surface area (Å²) in [7, 11) is 11.2. The first-order chi connectivity index (χ1) is 58.3. The Hall–Kier alpha value is -4.60. The number of fused-ring (bicyclic) bond motifs is 6. The van der Waals surface area contributed by atoms with E-state index in [0.29, 0.717) is 24.0 Å². The molecule has 8 rings (SSSR count). The van der Waals surface area contributed by atoms with Gasteiger partial charge in [0, 0.05) is 75.8 Å². The van der Waals surface area contributed by atoms with E-state index in [4.69, 9.17) is 80.2 Å². The topological polar surface area (TPSA) is 367 Å². The predicted molar refractivity (Wildman–Crippen MR) is 461 cm³/mol. The van der Waals surface area contributed by atoms with Crippen LogP contribution in [0.5, 0.6) is 0 Å². The van der Waals surface area contributed by atoms with E-state index in [9.17, 15) is 54.3 Å². The van der Waals surface area contributed by atoms with Gasteiger partial charge in [-0.2, -0.15) is 0 Å². The molecule has 0 spiro atoms. The molecule has 6 saturated heterocycles. The van der Waals surface area contributed by atoms with E-state index in [1.54, 1.807) is 91.2 Å². The summed E-state index contributed by atoms with van der Waals surface area (Å²) >= 11 is 0. The smallest absolute Gasteiger partial charge is 0.308 e. The van der Waals surface area contributed by atoms with Crippen molar-refractivity contribution in [2.45, 2.75) is 333 Å². The quantitative estimate of drug-likeness (QED) is 0.0247. The van der Waals surface area contributed by atoms with Gasteiger partial charge in [-0.3, -0.25) is 19.2 Å². The number of ether oxygens (including phenoxy) is 16. The fourth-order valence-electron chi connectivity index (χ4n) is 19.1. The van der Waals surface area contributed by atoms with Crippen LogP contribution in [0.15, 0.2) is 71.9 Å². The number of rotatable bonds is 25. The molecule has 4 bridgehead atoms. The van der Waals surface area contributed by atoms with Crippen LogP contribution in [0.4, 0.5) is 0 Å². The molecule has 30 nitrogen and oxygen atoms in total. The second-order valence-electron chi connectivity index (χ2n) is 36.1. The van der Waals surface area contributed by atoms with E-state index in [-0.39, 0.29) is 88.7 Å². The van der Waals surface area contributed by atoms with Crippen LogP contribution < -0.4 is 0 Å². The van der Waals surface area contributed by atoms with Gasteiger partial charge in [-0.05, 0) is 150 Å². The van der Waals surface area contributed by atoms with E-state index in [1.165, 1.54) is 20.3 Å². The zero-order valence-corrected chi connectivity index (χ0v) is 78.4. The van der Waals surface area contributed by atoms with Gasteiger partial charge in [-0.1, -0.05) is 122 Å². The molecule has 0 aromatic heterocycles. The molecule has 702 valence electrons. The van der Waals surface area contributed by atoms with Crippen LogP contribution in [0.2, 0.25) is 18.1 Å². The number of carbonyl (C=O) groups excluding carboxylic acids is 6. The molecule has 0 radical (unpaired) electrons. The SMILES string of the molecule is C=C1CO[C@@H]2CC(=O)O[C@H](CC)[C@@H](CO[C@@H]3OC(C)[C@@H](O)[C@H](OC)C3OC)/C=C(C)/C=C/C(=O)[C@H](C)C[C@H](C(C=O)C1)[C@H](O[C@@H]1OC(C)[C@@H](O)C(N(C)C)C1O)[C@H]2C.C=C1CO[C@@H]2CC(=O)O[C@H](CC)[C@@H](CO[C@@H]3OC(C)[C@@H](O[Si](CC)(CC)CC)[C@H](OC)C3OC)/C=C(C)/C=C/C(=O)[C@H](C)C[C@H](C(C=O)C1)[C@H](O[C@@H]1OC(C)[C@@H](O)C(N(C)C)C1O)[C@H]2C. The van der Waals surface area contributed by atoms with Crippen LogP contribution in [0.3, 0.4) is 0 Å². The highest BCUT2D eigenvalue weighted by atomic mass is 28.4. The second kappa shape index (κ2) is 49.4. The number of hydrogen-bond acceptors (Lipinski definition) is 30. The Balaban J connectivity index is 0.000000340. The minimum absolute atomic E-state index is 0.0384. The van der Waals surface area contributed by atoms with Crippen LogP contribution >= 0.6 is 0 Å². The number of esters is 2. The number of ketones is 2. The summed E-state index contributed by atoms with van der Waals surface area (Å²) in [4.78, 5) is 85.6. The molecule has 8 heterocycles. The van der Waals surface area contributed by atoms with Crippen LogP contribution in [0.1, 0.15) is 155 Å². The standard InChI is InChI=1S/C49H83NO14Si.C43H69NO14/c1-15-38-35(27-59-49-47(57-14)46(56-13)45(33(10)61-49)64-65(16-2,17-3)18-4)21-28(5)19-20-37(52)30(7)23-36-34(25-51)22-29(6)26-58-39(24-40(53)62-38)31(8)44(36)63-48-43(55)41(50(11)12)42(54)32(9)60-48;1-12-32-29(21-54-43-41(52-11)40(51-10)37(49)27(7)56-43)15-22(2)13-14-31(46)24(4)17-30-28(19-45)16-23(3)20-53-33(18-34(47)57-32)25(5)39(30)58-42-38(50)35(44(8)9)36(48)26(6)55-42/h19-21,25,30-36,38-39,41-49,54-55H,6,15-18,22-24,26-27H2,1-5,7-14H3;13-15,19,24-30,32-33,35-43,48-50H,3,12,16-18,20-21H2,1-2,4-11H3/b20-19+,28-21+;14-13+,22-15+/t30-,31+,32?,33?,34?,35-,36-,38-,39-,41?,42-,43?,44-,45-,46+,47?,48+,49-;24-,25+,26?,27?,28?,29-,30-,32-,33-,35?,36-,37-,38?,39-,40+,41?,42+,43-/m11/s1. The minimum atomic E-state index is -2.05. The maximum atomic E-state index is 14.3. The van der Waals surface area contributed by atoms with Gasteiger partial charge in [0.1, 0.15) is 67.5 Å². The van der Waals surface area contributed by atoms with Crippen molar-refractivity contribution in [2.24, 2.45) is 59.2 Å². The minimum Gasteiger partial charge on any atom is -0.462 e. The zero-order chi connectivity index (χ0) is 91.3. The van der Waals surface area contributed by atoms with E-state index in [0.717, 1.165) is 41.9 Å². The highest BCUT2D eigenvalue weighted by Crippen LogP contribution is 2.44. The third kappa shape index (κ3) is 27.3. The van der Waals surface area contributed by atoms with Crippen LogP contribution in [-0.2, 0) is 109 Å². The van der Waals surface area contributed by atoms with E-state index < -0.39 is 227 Å². The van der Waals surface area contributed by atoms with Gasteiger partial charge < -0.3 is 125 Å². The molecule has 8 aliphatic rings. The lowest BCUT2D eigenvalue weighted by atomic mass is 9.73. The number of aliphatic hydroxyl groups excluding tert-OH is 5. The number of cyclic esters (lactones) is 2. The van der Waals surface area contributed by atoms with E-state index in [1.807, 2.05) is 74.5 Å². The molecule has 0 aliphatic carbocycles. The molecule has 0 aromatic carbocycles. The van der Waals surface area contributed by atoms with Crippen molar-refractivity contribution in [1.82, 2.24) is 9.80 Å². The maximum Gasteiger partial charge on any atom is 0.308 e. The lowest BCUT2D eigenvalue weighted by Gasteiger charge is -2.47. The number of likely N-dealkylation sites (N-methyl/N-ethyl adjacent to an activating group) is 2. The molecule has 6 fully saturated rings. The lowest BCUT2D eigenvalue weighted by molar-refractivity contribution is -0.305. The van der Waals surface area contributed by atoms with Gasteiger partial charge in [0.25, 0.3) is 0 Å². The monoisotopic (exact) mass is 1760 g/mol. The first kappa shape index (κ1) is 105. The summed E-state index contributed by atoms with van der Waals surface area (Å²) in [6.45, 7) is 37.3. The van der Waals surface area contributed by atoms with Gasteiger partial charge in [-0.15, -0.1) is 0 Å². The Morgan fingerprint density at radius 3 is 1.17 bits per heavy atom. The average Bonchev–Trinajstić information content (AvgIpc) is 1.47. The summed E-state index contributed by atoms with van der Waals surface area (Å²) in [5.41, 5.74) is 2.78. The van der Waals surface area contributed by atoms with Crippen molar-refractivity contribution in [2.75, 3.05) is 83.1 Å². The highest BCUT2D eigenvalue weighted by Gasteiger charge is 2.54. The van der Waals surface area contributed by atoms with Crippen molar-refractivity contribution in [3.63, 3.8) is 0 Å². The summed E-state index contributed by atoms with van der Waals surface area (Å²) in [6, 6.07) is 1.47. The molecule has 5 N–H and O–H groups in total. The molecule has 123 heavy (non-hydrogen) atoms. The van der Waals surface area contributed by atoms with Crippen LogP contribution in [-0.4, -0.2) is 322 Å². The zero-order valence-electron chi connectivity index (χ0n) is 77.4. The molecular weight excluding hydrogens is 1610 g/mol. The molecule has 0 amide bonds. The van der Waals surface area contributed by atoms with Crippen molar-refractivity contribution in [3.8, 4) is 0 Å². The normalized spacial score (nSPS) is 42.4. The Labute approximate surface area is 732 Å². The molecule has 0 saturated carbocycles. The number of hydrogen-bond donors (Lipinski definition) is 5. The number of methoxy groups -OCH3 is 4. The predicted octanol–water partition coefficient (Wildman–Crippen LogP) is 8.57. The van der Waals surface area contributed by atoms with Crippen molar-refractivity contribution < 1.29 is 135 Å². The van der Waals surface area contributed by atoms with Gasteiger partial charge >= 0.3 is 11.9 Å². The molecular formula is C92H152N2O28Si. The van der Waals surface area contributed by atoms with Crippen molar-refractivity contribution in [3.05, 3.63) is 71.9 Å². The summed E-state index contributed by atoms with van der Waals surface area (Å²) < 4.78 is 107. The van der Waals surface area contributed by atoms with Gasteiger partial charge in [-0.25, -0.2) is 0 Å². The third-order valence-corrected chi connectivity index (χ3v) is 31.6. The van der Waals surface area contributed by atoms with Gasteiger partial charge in [0.15, 0.2) is 45.0 Å². The first-order valence-corrected chi connectivity index (χ1v) is 47.2. The number of nitrogens with zero attached hydrogens (tertiary/aromatic N) is 2. The summed E-state index contributed by atoms with van der Waals surface area (Å²) in [5, 5.41) is 55.8. The van der Waals surface area contributed by atoms with Crippen molar-refractivity contribution >= 4 is 44.4 Å². The fraction of sp³-hybridized carbons (Fsp3) is 0.804. The van der Waals surface area contributed by atoms with Crippen LogP contribution in [0.25, 0.3) is 0 Å². The Kier molecular flexibility index (Phi) is 42.4. The molecule has 12 unspecified atom stereocenters. The van der Waals surface area contributed by atoms with E-state index >= 15 is 0 Å². The Bertz CT molecular complexity index is 3470. The number of allylic oxidation sites excluding steroid dienone is 6.